The minimum Gasteiger partial charge on any atom is -0.477 e. The fourth-order valence-corrected chi connectivity index (χ4v) is 3.96. The molecule has 4 rings (SSSR count). The number of methoxy groups -OCH3 is 1. The molecule has 28 heavy (non-hydrogen) atoms. The van der Waals surface area contributed by atoms with Crippen LogP contribution in [-0.2, 0) is 0 Å². The molecular weight excluding hydrogens is 376 g/mol. The number of likely N-dealkylation sites (tertiary alicyclic amines) is 1. The van der Waals surface area contributed by atoms with Crippen LogP contribution in [0.15, 0.2) is 48.1 Å². The van der Waals surface area contributed by atoms with Gasteiger partial charge in [0, 0.05) is 29.9 Å². The van der Waals surface area contributed by atoms with Crippen LogP contribution in [0.3, 0.4) is 0 Å². The van der Waals surface area contributed by atoms with Gasteiger partial charge in [0.1, 0.15) is 16.8 Å². The molecule has 1 atom stereocenters. The number of hydrogen-bond donors (Lipinski definition) is 0. The normalized spacial score (nSPS) is 16.6. The third-order valence-electron chi connectivity index (χ3n) is 4.51. The summed E-state index contributed by atoms with van der Waals surface area (Å²) < 4.78 is 11.1. The Labute approximate surface area is 167 Å². The second kappa shape index (κ2) is 8.35. The zero-order valence-corrected chi connectivity index (χ0v) is 16.3. The molecular formula is C20H20N4O3S. The average molecular weight is 396 g/mol. The molecule has 0 spiro atoms. The van der Waals surface area contributed by atoms with Crippen molar-refractivity contribution < 1.29 is 14.3 Å². The molecule has 3 heterocycles. The molecule has 0 radical (unpaired) electrons. The predicted octanol–water partition coefficient (Wildman–Crippen LogP) is 3.29. The lowest BCUT2D eigenvalue weighted by atomic mass is 10.1. The van der Waals surface area contributed by atoms with Crippen LogP contribution in [0.2, 0.25) is 0 Å². The molecule has 1 aliphatic rings. The number of hydrogen-bond acceptors (Lipinski definition) is 7. The van der Waals surface area contributed by atoms with Gasteiger partial charge >= 0.3 is 0 Å². The van der Waals surface area contributed by atoms with E-state index >= 15 is 0 Å². The second-order valence-corrected chi connectivity index (χ2v) is 7.27. The lowest BCUT2D eigenvalue weighted by molar-refractivity contribution is 0.0515. The smallest absolute Gasteiger partial charge is 0.278 e. The van der Waals surface area contributed by atoms with E-state index in [0.717, 1.165) is 23.4 Å². The summed E-state index contributed by atoms with van der Waals surface area (Å²) in [5.41, 5.74) is 1.49. The Balaban J connectivity index is 1.44. The maximum absolute atomic E-state index is 12.9. The van der Waals surface area contributed by atoms with E-state index in [1.807, 2.05) is 35.7 Å². The molecule has 1 saturated heterocycles. The Morgan fingerprint density at radius 3 is 2.75 bits per heavy atom. The molecule has 7 nitrogen and oxygen atoms in total. The van der Waals surface area contributed by atoms with E-state index in [2.05, 4.69) is 15.0 Å². The van der Waals surface area contributed by atoms with Crippen molar-refractivity contribution in [3.05, 3.63) is 53.8 Å². The lowest BCUT2D eigenvalue weighted by Gasteiger charge is -2.32. The molecule has 1 fully saturated rings. The van der Waals surface area contributed by atoms with Gasteiger partial charge in [-0.05, 0) is 12.8 Å². The number of piperidine rings is 1. The van der Waals surface area contributed by atoms with E-state index in [1.54, 1.807) is 17.3 Å². The highest BCUT2D eigenvalue weighted by molar-refractivity contribution is 7.13. The van der Waals surface area contributed by atoms with Crippen molar-refractivity contribution in [3.63, 3.8) is 0 Å². The van der Waals surface area contributed by atoms with Gasteiger partial charge in [0.2, 0.25) is 0 Å². The first kappa shape index (κ1) is 18.4. The van der Waals surface area contributed by atoms with Gasteiger partial charge in [-0.3, -0.25) is 4.79 Å². The maximum atomic E-state index is 12.9. The Morgan fingerprint density at radius 1 is 1.18 bits per heavy atom. The van der Waals surface area contributed by atoms with Crippen LogP contribution in [0.4, 0.5) is 0 Å². The highest BCUT2D eigenvalue weighted by Gasteiger charge is 2.28. The number of carbonyl (C=O) groups is 1. The topological polar surface area (TPSA) is 77.4 Å². The summed E-state index contributed by atoms with van der Waals surface area (Å²) in [6.45, 7) is 1.17. The van der Waals surface area contributed by atoms with E-state index < -0.39 is 0 Å². The van der Waals surface area contributed by atoms with Gasteiger partial charge in [0.05, 0.1) is 13.7 Å². The van der Waals surface area contributed by atoms with Crippen LogP contribution < -0.4 is 9.47 Å². The van der Waals surface area contributed by atoms with Crippen molar-refractivity contribution in [1.29, 1.82) is 0 Å². The predicted molar refractivity (Wildman–Crippen MR) is 106 cm³/mol. The van der Waals surface area contributed by atoms with Gasteiger partial charge < -0.3 is 14.4 Å². The third-order valence-corrected chi connectivity index (χ3v) is 5.41. The van der Waals surface area contributed by atoms with Gasteiger partial charge in [-0.15, -0.1) is 11.3 Å². The lowest BCUT2D eigenvalue weighted by Crippen LogP contribution is -2.44. The van der Waals surface area contributed by atoms with Gasteiger partial charge in [0.15, 0.2) is 0 Å². The summed E-state index contributed by atoms with van der Waals surface area (Å²) in [5, 5.41) is 2.67. The average Bonchev–Trinajstić information content (AvgIpc) is 3.25. The number of ether oxygens (including phenoxy) is 2. The van der Waals surface area contributed by atoms with Crippen LogP contribution >= 0.6 is 11.3 Å². The number of benzene rings is 1. The number of thiazole rings is 1. The van der Waals surface area contributed by atoms with Gasteiger partial charge in [0.25, 0.3) is 17.7 Å². The summed E-state index contributed by atoms with van der Waals surface area (Å²) in [5.74, 6) is 0.625. The minimum atomic E-state index is -0.157. The largest absolute Gasteiger partial charge is 0.477 e. The SMILES string of the molecule is COc1nccnc1OC1CCCN(C(=O)c2csc(-c3ccccc3)n2)C1. The van der Waals surface area contributed by atoms with Gasteiger partial charge in [-0.25, -0.2) is 15.0 Å². The molecule has 0 saturated carbocycles. The summed E-state index contributed by atoms with van der Waals surface area (Å²) in [7, 11) is 1.53. The first-order chi connectivity index (χ1) is 13.7. The number of aromatic nitrogens is 3. The van der Waals surface area contributed by atoms with E-state index in [9.17, 15) is 4.79 Å². The summed E-state index contributed by atoms with van der Waals surface area (Å²) in [6, 6.07) is 9.87. The molecule has 1 amide bonds. The Morgan fingerprint density at radius 2 is 1.96 bits per heavy atom. The molecule has 0 N–H and O–H groups in total. The monoisotopic (exact) mass is 396 g/mol. The molecule has 3 aromatic rings. The number of nitrogens with zero attached hydrogens (tertiary/aromatic N) is 4. The minimum absolute atomic E-state index is 0.0714. The Hall–Kier alpha value is -3.00. The van der Waals surface area contributed by atoms with Crippen molar-refractivity contribution in [3.8, 4) is 22.3 Å². The maximum Gasteiger partial charge on any atom is 0.278 e. The van der Waals surface area contributed by atoms with Crippen molar-refractivity contribution in [1.82, 2.24) is 19.9 Å². The second-order valence-electron chi connectivity index (χ2n) is 6.41. The molecule has 1 unspecified atom stereocenters. The fourth-order valence-electron chi connectivity index (χ4n) is 3.16. The summed E-state index contributed by atoms with van der Waals surface area (Å²) in [4.78, 5) is 27.5. The van der Waals surface area contributed by atoms with Crippen LogP contribution in [0.1, 0.15) is 23.3 Å². The summed E-state index contributed by atoms with van der Waals surface area (Å²) in [6.07, 6.45) is 4.65. The van der Waals surface area contributed by atoms with E-state index in [0.29, 0.717) is 30.5 Å². The van der Waals surface area contributed by atoms with Crippen LogP contribution in [0.25, 0.3) is 10.6 Å². The summed E-state index contributed by atoms with van der Waals surface area (Å²) >= 11 is 1.48. The van der Waals surface area contributed by atoms with Crippen LogP contribution in [-0.4, -0.2) is 52.1 Å². The quantitative estimate of drug-likeness (QED) is 0.659. The van der Waals surface area contributed by atoms with Crippen molar-refractivity contribution in [2.75, 3.05) is 20.2 Å². The molecule has 2 aromatic heterocycles. The Kier molecular flexibility index (Phi) is 5.48. The molecule has 1 aromatic carbocycles. The number of rotatable bonds is 5. The van der Waals surface area contributed by atoms with E-state index in [-0.39, 0.29) is 12.0 Å². The third kappa shape index (κ3) is 3.96. The van der Waals surface area contributed by atoms with Crippen molar-refractivity contribution >= 4 is 17.2 Å². The van der Waals surface area contributed by atoms with Gasteiger partial charge in [-0.1, -0.05) is 30.3 Å². The molecule has 8 heteroatoms. The van der Waals surface area contributed by atoms with E-state index in [4.69, 9.17) is 9.47 Å². The molecule has 0 aliphatic carbocycles. The molecule has 144 valence electrons. The Bertz CT molecular complexity index is 947. The highest BCUT2D eigenvalue weighted by Crippen LogP contribution is 2.26. The van der Waals surface area contributed by atoms with Crippen LogP contribution in [0, 0.1) is 0 Å². The van der Waals surface area contributed by atoms with Crippen molar-refractivity contribution in [2.45, 2.75) is 18.9 Å². The number of carbonyl (C=O) groups excluding carboxylic acids is 1. The van der Waals surface area contributed by atoms with Crippen molar-refractivity contribution in [2.24, 2.45) is 0 Å². The van der Waals surface area contributed by atoms with E-state index in [1.165, 1.54) is 18.4 Å². The fraction of sp³-hybridized carbons (Fsp3) is 0.300. The van der Waals surface area contributed by atoms with Gasteiger partial charge in [-0.2, -0.15) is 0 Å². The zero-order chi connectivity index (χ0) is 19.3. The standard InChI is InChI=1S/C20H20N4O3S/c1-26-17-18(22-10-9-21-17)27-15-8-5-11-24(12-15)20(25)16-13-28-19(23-16)14-6-3-2-4-7-14/h2-4,6-7,9-10,13,15H,5,8,11-12H2,1H3. The van der Waals surface area contributed by atoms with Crippen LogP contribution in [0.5, 0.6) is 11.8 Å². The highest BCUT2D eigenvalue weighted by atomic mass is 32.1. The molecule has 1 aliphatic heterocycles. The first-order valence-corrected chi connectivity index (χ1v) is 9.94. The number of amides is 1. The zero-order valence-electron chi connectivity index (χ0n) is 15.4. The molecule has 0 bridgehead atoms. The first-order valence-electron chi connectivity index (χ1n) is 9.06.